The number of rotatable bonds is 7. The SMILES string of the molecule is CC(C)(C)OC(=O)N(Cc1ccc(Cl)c(C(C)(C)O[Si]C(C)(C)C)c1)CC1CC1. The Morgan fingerprint density at radius 1 is 1.14 bits per heavy atom. The van der Waals surface area contributed by atoms with E-state index in [4.69, 9.17) is 20.8 Å². The summed E-state index contributed by atoms with van der Waals surface area (Å²) in [5.41, 5.74) is 0.968. The first-order chi connectivity index (χ1) is 13.2. The first-order valence-electron chi connectivity index (χ1n) is 10.4. The summed E-state index contributed by atoms with van der Waals surface area (Å²) < 4.78 is 11.9. The highest BCUT2D eigenvalue weighted by molar-refractivity contribution is 6.32. The molecule has 1 amide bonds. The van der Waals surface area contributed by atoms with E-state index in [2.05, 4.69) is 26.8 Å². The van der Waals surface area contributed by atoms with E-state index in [0.29, 0.717) is 27.2 Å². The zero-order valence-corrected chi connectivity index (χ0v) is 20.9. The van der Waals surface area contributed by atoms with E-state index in [1.807, 2.05) is 51.7 Å². The van der Waals surface area contributed by atoms with Crippen molar-refractivity contribution in [2.24, 2.45) is 5.92 Å². The van der Waals surface area contributed by atoms with Crippen molar-refractivity contribution in [1.82, 2.24) is 4.90 Å². The average molecular weight is 438 g/mol. The zero-order valence-electron chi connectivity index (χ0n) is 19.2. The molecule has 0 aliphatic heterocycles. The van der Waals surface area contributed by atoms with Crippen LogP contribution in [-0.2, 0) is 21.3 Å². The standard InChI is InChI=1S/C23H36ClNO3Si/c1-21(2,3)27-20(26)25(14-16-9-10-16)15-17-11-12-19(24)18(13-17)23(7,8)28-29-22(4,5)6/h11-13,16H,9-10,14-15H2,1-8H3. The summed E-state index contributed by atoms with van der Waals surface area (Å²) in [5.74, 6) is 0.585. The molecule has 1 saturated carbocycles. The van der Waals surface area contributed by atoms with Crippen molar-refractivity contribution in [1.29, 1.82) is 0 Å². The maximum atomic E-state index is 12.7. The Balaban J connectivity index is 2.20. The molecule has 1 aliphatic rings. The summed E-state index contributed by atoms with van der Waals surface area (Å²) in [4.78, 5) is 14.6. The van der Waals surface area contributed by atoms with Gasteiger partial charge in [0.15, 0.2) is 0 Å². The molecule has 0 N–H and O–H groups in total. The molecule has 0 aromatic heterocycles. The van der Waals surface area contributed by atoms with Crippen LogP contribution in [0.3, 0.4) is 0 Å². The highest BCUT2D eigenvalue weighted by Crippen LogP contribution is 2.35. The van der Waals surface area contributed by atoms with Crippen molar-refractivity contribution in [2.45, 2.75) is 91.0 Å². The molecule has 1 aromatic carbocycles. The van der Waals surface area contributed by atoms with Gasteiger partial charge in [-0.3, -0.25) is 0 Å². The van der Waals surface area contributed by atoms with Gasteiger partial charge < -0.3 is 14.1 Å². The third-order valence-electron chi connectivity index (χ3n) is 4.49. The van der Waals surface area contributed by atoms with E-state index in [9.17, 15) is 4.79 Å². The predicted octanol–water partition coefficient (Wildman–Crippen LogP) is 6.58. The Morgan fingerprint density at radius 3 is 2.28 bits per heavy atom. The molecule has 2 rings (SSSR count). The minimum absolute atomic E-state index is 0.0964. The smallest absolute Gasteiger partial charge is 0.410 e. The second-order valence-electron chi connectivity index (χ2n) is 10.6. The van der Waals surface area contributed by atoms with Crippen LogP contribution in [0.25, 0.3) is 0 Å². The Hall–Kier alpha value is -1.04. The lowest BCUT2D eigenvalue weighted by Gasteiger charge is -2.31. The molecule has 1 aliphatic carbocycles. The Bertz CT molecular complexity index is 718. The molecule has 2 radical (unpaired) electrons. The first kappa shape index (κ1) is 24.2. The minimum atomic E-state index is -0.508. The maximum Gasteiger partial charge on any atom is 0.410 e. The first-order valence-corrected chi connectivity index (χ1v) is 11.7. The fourth-order valence-corrected chi connectivity index (χ4v) is 3.85. The number of carbonyl (C=O) groups excluding carboxylic acids is 1. The molecule has 0 saturated heterocycles. The molecule has 162 valence electrons. The summed E-state index contributed by atoms with van der Waals surface area (Å²) in [6.07, 6.45) is 2.10. The normalized spacial score (nSPS) is 15.3. The van der Waals surface area contributed by atoms with Gasteiger partial charge in [-0.05, 0) is 76.1 Å². The van der Waals surface area contributed by atoms with Crippen molar-refractivity contribution in [3.63, 3.8) is 0 Å². The molecule has 0 unspecified atom stereocenters. The number of benzene rings is 1. The summed E-state index contributed by atoms with van der Waals surface area (Å²) in [5, 5.41) is 0.780. The van der Waals surface area contributed by atoms with Gasteiger partial charge >= 0.3 is 6.09 Å². The second kappa shape index (κ2) is 8.99. The number of hydrogen-bond donors (Lipinski definition) is 0. The largest absolute Gasteiger partial charge is 0.444 e. The minimum Gasteiger partial charge on any atom is -0.444 e. The summed E-state index contributed by atoms with van der Waals surface area (Å²) in [6.45, 7) is 17.5. The lowest BCUT2D eigenvalue weighted by Crippen LogP contribution is -2.37. The van der Waals surface area contributed by atoms with Crippen LogP contribution in [-0.4, -0.2) is 32.9 Å². The molecule has 6 heteroatoms. The lowest BCUT2D eigenvalue weighted by atomic mass is 9.96. The van der Waals surface area contributed by atoms with E-state index in [-0.39, 0.29) is 11.1 Å². The molecule has 0 heterocycles. The average Bonchev–Trinajstić information content (AvgIpc) is 3.36. The van der Waals surface area contributed by atoms with E-state index < -0.39 is 11.2 Å². The van der Waals surface area contributed by atoms with Crippen LogP contribution in [0.4, 0.5) is 4.79 Å². The van der Waals surface area contributed by atoms with Crippen LogP contribution in [0.1, 0.15) is 79.4 Å². The number of carbonyl (C=O) groups is 1. The van der Waals surface area contributed by atoms with E-state index >= 15 is 0 Å². The second-order valence-corrected chi connectivity index (χ2v) is 12.9. The van der Waals surface area contributed by atoms with E-state index in [1.165, 1.54) is 12.8 Å². The molecule has 4 nitrogen and oxygen atoms in total. The monoisotopic (exact) mass is 437 g/mol. The quantitative estimate of drug-likeness (QED) is 0.452. The van der Waals surface area contributed by atoms with Crippen molar-refractivity contribution >= 4 is 27.5 Å². The molecular formula is C23H36ClNO3Si. The number of amides is 1. The fraction of sp³-hybridized carbons (Fsp3) is 0.696. The highest BCUT2D eigenvalue weighted by Gasteiger charge is 2.31. The number of halogens is 1. The molecule has 1 fully saturated rings. The third-order valence-corrected chi connectivity index (χ3v) is 6.05. The fourth-order valence-electron chi connectivity index (χ4n) is 2.83. The molecule has 0 bridgehead atoms. The van der Waals surface area contributed by atoms with Gasteiger partial charge in [0.2, 0.25) is 9.76 Å². The van der Waals surface area contributed by atoms with Gasteiger partial charge in [0.25, 0.3) is 0 Å². The number of ether oxygens (including phenoxy) is 1. The highest BCUT2D eigenvalue weighted by atomic mass is 35.5. The van der Waals surface area contributed by atoms with Crippen LogP contribution in [0.15, 0.2) is 18.2 Å². The van der Waals surface area contributed by atoms with Gasteiger partial charge in [-0.25, -0.2) is 4.79 Å². The molecule has 29 heavy (non-hydrogen) atoms. The van der Waals surface area contributed by atoms with Crippen LogP contribution < -0.4 is 0 Å². The van der Waals surface area contributed by atoms with Crippen molar-refractivity contribution in [2.75, 3.05) is 6.54 Å². The van der Waals surface area contributed by atoms with Gasteiger partial charge in [0.1, 0.15) is 5.60 Å². The molecule has 1 aromatic rings. The summed E-state index contributed by atoms with van der Waals surface area (Å²) in [6, 6.07) is 5.96. The zero-order chi connectivity index (χ0) is 22.0. The van der Waals surface area contributed by atoms with Gasteiger partial charge in [-0.2, -0.15) is 0 Å². The number of nitrogens with zero attached hydrogens (tertiary/aromatic N) is 1. The van der Waals surface area contributed by atoms with Crippen LogP contribution in [0, 0.1) is 5.92 Å². The van der Waals surface area contributed by atoms with Gasteiger partial charge in [0, 0.05) is 23.7 Å². The lowest BCUT2D eigenvalue weighted by molar-refractivity contribution is 0.0224. The van der Waals surface area contributed by atoms with E-state index in [1.54, 1.807) is 0 Å². The van der Waals surface area contributed by atoms with Gasteiger partial charge in [-0.1, -0.05) is 38.4 Å². The Labute approximate surface area is 184 Å². The predicted molar refractivity (Wildman–Crippen MR) is 120 cm³/mol. The molecular weight excluding hydrogens is 402 g/mol. The van der Waals surface area contributed by atoms with Crippen LogP contribution >= 0.6 is 11.6 Å². The van der Waals surface area contributed by atoms with Crippen molar-refractivity contribution in [3.05, 3.63) is 34.3 Å². The number of hydrogen-bond acceptors (Lipinski definition) is 3. The summed E-state index contributed by atoms with van der Waals surface area (Å²) in [7, 11) is 0.359. The maximum absolute atomic E-state index is 12.7. The Kier molecular flexibility index (Phi) is 7.51. The van der Waals surface area contributed by atoms with Crippen molar-refractivity contribution < 1.29 is 14.0 Å². The van der Waals surface area contributed by atoms with Gasteiger partial charge in [-0.15, -0.1) is 0 Å². The Morgan fingerprint density at radius 2 is 1.76 bits per heavy atom. The van der Waals surface area contributed by atoms with E-state index in [0.717, 1.165) is 17.7 Å². The molecule has 0 spiro atoms. The molecule has 0 atom stereocenters. The van der Waals surface area contributed by atoms with Crippen LogP contribution in [0.5, 0.6) is 0 Å². The van der Waals surface area contributed by atoms with Gasteiger partial charge in [0.05, 0.1) is 5.60 Å². The van der Waals surface area contributed by atoms with Crippen LogP contribution in [0.2, 0.25) is 10.1 Å². The third kappa shape index (κ3) is 8.31. The summed E-state index contributed by atoms with van der Waals surface area (Å²) >= 11 is 6.53. The van der Waals surface area contributed by atoms with Crippen molar-refractivity contribution in [3.8, 4) is 0 Å². The topological polar surface area (TPSA) is 38.8 Å².